The minimum absolute atomic E-state index is 0.192. The second-order valence-corrected chi connectivity index (χ2v) is 5.59. The fourth-order valence-corrected chi connectivity index (χ4v) is 3.53. The second-order valence-electron chi connectivity index (χ2n) is 5.59. The zero-order valence-corrected chi connectivity index (χ0v) is 11.2. The Morgan fingerprint density at radius 3 is 3.05 bits per heavy atom. The van der Waals surface area contributed by atoms with Crippen LogP contribution in [0.5, 0.6) is 11.5 Å². The van der Waals surface area contributed by atoms with E-state index in [4.69, 9.17) is 9.47 Å². The molecule has 1 N–H and O–H groups in total. The summed E-state index contributed by atoms with van der Waals surface area (Å²) in [5.74, 6) is 2.39. The molecule has 0 radical (unpaired) electrons. The van der Waals surface area contributed by atoms with Crippen molar-refractivity contribution >= 4 is 5.76 Å². The van der Waals surface area contributed by atoms with Gasteiger partial charge in [-0.05, 0) is 23.8 Å². The summed E-state index contributed by atoms with van der Waals surface area (Å²) in [4.78, 5) is 0. The molecule has 1 aromatic rings. The van der Waals surface area contributed by atoms with E-state index in [1.165, 1.54) is 5.57 Å². The van der Waals surface area contributed by atoms with Crippen LogP contribution in [0.3, 0.4) is 0 Å². The van der Waals surface area contributed by atoms with Crippen molar-refractivity contribution in [1.82, 2.24) is 0 Å². The Hall–Kier alpha value is -2.68. The minimum atomic E-state index is -0.284. The molecule has 3 nitrogen and oxygen atoms in total. The molecule has 5 rings (SSSR count). The van der Waals surface area contributed by atoms with E-state index in [-0.39, 0.29) is 11.2 Å². The number of hydrogen-bond donors (Lipinski definition) is 1. The van der Waals surface area contributed by atoms with E-state index in [0.717, 1.165) is 17.1 Å². The summed E-state index contributed by atoms with van der Waals surface area (Å²) in [6, 6.07) is 5.29. The van der Waals surface area contributed by atoms with Crippen LogP contribution in [0.25, 0.3) is 5.76 Å². The zero-order chi connectivity index (χ0) is 14.0. The quantitative estimate of drug-likeness (QED) is 0.788. The Morgan fingerprint density at radius 1 is 1.14 bits per heavy atom. The molecular formula is C18H12O3. The molecule has 0 amide bonds. The Balaban J connectivity index is 1.86. The molecule has 1 spiro atoms. The van der Waals surface area contributed by atoms with Gasteiger partial charge in [0.05, 0.1) is 11.0 Å². The second kappa shape index (κ2) is 3.50. The van der Waals surface area contributed by atoms with Gasteiger partial charge >= 0.3 is 0 Å². The lowest BCUT2D eigenvalue weighted by molar-refractivity contribution is 0.251. The van der Waals surface area contributed by atoms with Crippen LogP contribution in [0.1, 0.15) is 5.56 Å². The number of hydrogen-bond acceptors (Lipinski definition) is 3. The number of allylic oxidation sites excluding steroid dienone is 6. The van der Waals surface area contributed by atoms with E-state index in [2.05, 4.69) is 18.2 Å². The van der Waals surface area contributed by atoms with Gasteiger partial charge in [0.2, 0.25) is 0 Å². The van der Waals surface area contributed by atoms with Crippen molar-refractivity contribution in [2.75, 3.05) is 6.61 Å². The normalized spacial score (nSPS) is 27.0. The summed E-state index contributed by atoms with van der Waals surface area (Å²) in [5, 5.41) is 10.2. The van der Waals surface area contributed by atoms with Crippen molar-refractivity contribution in [1.29, 1.82) is 0 Å². The first-order chi connectivity index (χ1) is 10.3. The van der Waals surface area contributed by atoms with Crippen molar-refractivity contribution in [2.24, 2.45) is 5.41 Å². The Labute approximate surface area is 121 Å². The molecule has 2 aliphatic carbocycles. The molecule has 102 valence electrons. The van der Waals surface area contributed by atoms with Crippen LogP contribution < -0.4 is 4.74 Å². The first-order valence-electron chi connectivity index (χ1n) is 6.96. The van der Waals surface area contributed by atoms with Crippen molar-refractivity contribution in [3.8, 4) is 11.5 Å². The summed E-state index contributed by atoms with van der Waals surface area (Å²) in [7, 11) is 0. The minimum Gasteiger partial charge on any atom is -0.507 e. The van der Waals surface area contributed by atoms with Gasteiger partial charge in [-0.25, -0.2) is 0 Å². The van der Waals surface area contributed by atoms with Crippen molar-refractivity contribution in [3.05, 3.63) is 77.1 Å². The highest BCUT2D eigenvalue weighted by Gasteiger charge is 2.50. The number of phenols is 1. The van der Waals surface area contributed by atoms with E-state index in [1.807, 2.05) is 24.3 Å². The third-order valence-corrected chi connectivity index (χ3v) is 4.51. The maximum absolute atomic E-state index is 10.2. The van der Waals surface area contributed by atoms with Crippen LogP contribution >= 0.6 is 0 Å². The van der Waals surface area contributed by atoms with Gasteiger partial charge in [0.1, 0.15) is 35.2 Å². The maximum atomic E-state index is 10.2. The summed E-state index contributed by atoms with van der Waals surface area (Å²) in [6.45, 7) is 0.540. The first-order valence-corrected chi connectivity index (χ1v) is 6.96. The molecule has 3 heteroatoms. The zero-order valence-electron chi connectivity index (χ0n) is 11.2. The molecule has 1 aromatic carbocycles. The van der Waals surface area contributed by atoms with Gasteiger partial charge in [0, 0.05) is 0 Å². The number of rotatable bonds is 0. The number of ether oxygens (including phenoxy) is 2. The van der Waals surface area contributed by atoms with E-state index in [0.29, 0.717) is 17.9 Å². The predicted molar refractivity (Wildman–Crippen MR) is 78.5 cm³/mol. The Kier molecular flexibility index (Phi) is 1.84. The smallest absolute Gasteiger partial charge is 0.142 e. The van der Waals surface area contributed by atoms with Crippen LogP contribution in [-0.4, -0.2) is 11.7 Å². The SMILES string of the molecule is Oc1cccc2c1C1=C3C(=CC=C4C=CC=CC43CO1)O2. The molecule has 0 saturated heterocycles. The molecule has 2 aliphatic heterocycles. The van der Waals surface area contributed by atoms with Gasteiger partial charge in [-0.1, -0.05) is 36.4 Å². The van der Waals surface area contributed by atoms with E-state index >= 15 is 0 Å². The highest BCUT2D eigenvalue weighted by Crippen LogP contribution is 2.58. The van der Waals surface area contributed by atoms with Gasteiger partial charge in [-0.15, -0.1) is 0 Å². The first kappa shape index (κ1) is 11.0. The van der Waals surface area contributed by atoms with Gasteiger partial charge in [0.15, 0.2) is 0 Å². The number of aromatic hydroxyl groups is 1. The molecule has 1 atom stereocenters. The van der Waals surface area contributed by atoms with Crippen molar-refractivity contribution < 1.29 is 14.6 Å². The van der Waals surface area contributed by atoms with Gasteiger partial charge in [0.25, 0.3) is 0 Å². The van der Waals surface area contributed by atoms with Gasteiger partial charge in [-0.2, -0.15) is 0 Å². The van der Waals surface area contributed by atoms with Crippen LogP contribution in [-0.2, 0) is 4.74 Å². The van der Waals surface area contributed by atoms with E-state index in [9.17, 15) is 5.11 Å². The lowest BCUT2D eigenvalue weighted by atomic mass is 9.69. The summed E-state index contributed by atoms with van der Waals surface area (Å²) in [5.41, 5.74) is 2.59. The number of fused-ring (bicyclic) bond motifs is 2. The molecule has 21 heavy (non-hydrogen) atoms. The average molecular weight is 276 g/mol. The lowest BCUT2D eigenvalue weighted by Crippen LogP contribution is -2.30. The van der Waals surface area contributed by atoms with Gasteiger partial charge < -0.3 is 14.6 Å². The van der Waals surface area contributed by atoms with Gasteiger partial charge in [-0.3, -0.25) is 0 Å². The Bertz CT molecular complexity index is 836. The lowest BCUT2D eigenvalue weighted by Gasteiger charge is -2.34. The highest BCUT2D eigenvalue weighted by atomic mass is 16.5. The third-order valence-electron chi connectivity index (χ3n) is 4.51. The number of benzene rings is 1. The van der Waals surface area contributed by atoms with Crippen molar-refractivity contribution in [3.63, 3.8) is 0 Å². The van der Waals surface area contributed by atoms with E-state index < -0.39 is 0 Å². The fourth-order valence-electron chi connectivity index (χ4n) is 3.53. The highest BCUT2D eigenvalue weighted by molar-refractivity contribution is 5.83. The topological polar surface area (TPSA) is 38.7 Å². The predicted octanol–water partition coefficient (Wildman–Crippen LogP) is 3.46. The van der Waals surface area contributed by atoms with Crippen LogP contribution in [0.2, 0.25) is 0 Å². The summed E-state index contributed by atoms with van der Waals surface area (Å²) >= 11 is 0. The molecule has 0 saturated carbocycles. The molecule has 1 unspecified atom stereocenters. The summed E-state index contributed by atoms with van der Waals surface area (Å²) in [6.07, 6.45) is 12.4. The standard InChI is InChI=1S/C18H12O3/c19-12-5-3-6-13-15(12)17-16-14(21-13)8-7-11-4-1-2-9-18(11,16)10-20-17/h1-9,19H,10H2. The van der Waals surface area contributed by atoms with E-state index in [1.54, 1.807) is 12.1 Å². The Morgan fingerprint density at radius 2 is 2.10 bits per heavy atom. The van der Waals surface area contributed by atoms with Crippen LogP contribution in [0.4, 0.5) is 0 Å². The molecule has 0 bridgehead atoms. The molecule has 4 aliphatic rings. The summed E-state index contributed by atoms with van der Waals surface area (Å²) < 4.78 is 12.0. The maximum Gasteiger partial charge on any atom is 0.142 e. The number of phenolic OH excluding ortho intramolecular Hbond substituents is 1. The average Bonchev–Trinajstić information content (AvgIpc) is 2.88. The van der Waals surface area contributed by atoms with Crippen molar-refractivity contribution in [2.45, 2.75) is 0 Å². The molecular weight excluding hydrogens is 264 g/mol. The largest absolute Gasteiger partial charge is 0.507 e. The van der Waals surface area contributed by atoms with Crippen LogP contribution in [0.15, 0.2) is 71.6 Å². The third kappa shape index (κ3) is 1.20. The monoisotopic (exact) mass is 276 g/mol. The molecule has 0 aromatic heterocycles. The molecule has 2 heterocycles. The fraction of sp³-hybridized carbons (Fsp3) is 0.111. The molecule has 0 fully saturated rings. The van der Waals surface area contributed by atoms with Crippen LogP contribution in [0, 0.1) is 5.41 Å².